The van der Waals surface area contributed by atoms with Crippen LogP contribution in [0.4, 0.5) is 8.78 Å². The minimum absolute atomic E-state index is 0.251. The number of rotatable bonds is 3. The Hall–Kier alpha value is -0.750. The molecule has 0 amide bonds. The first-order valence-electron chi connectivity index (χ1n) is 4.87. The highest BCUT2D eigenvalue weighted by Crippen LogP contribution is 2.20. The molecule has 1 aliphatic rings. The number of esters is 1. The van der Waals surface area contributed by atoms with Crippen molar-refractivity contribution in [3.05, 3.63) is 0 Å². The molecule has 0 aromatic carbocycles. The van der Waals surface area contributed by atoms with Gasteiger partial charge in [0.1, 0.15) is 0 Å². The lowest BCUT2D eigenvalue weighted by molar-refractivity contribution is -0.153. The van der Waals surface area contributed by atoms with Crippen LogP contribution in [0.1, 0.15) is 13.8 Å². The van der Waals surface area contributed by atoms with Crippen molar-refractivity contribution in [3.8, 4) is 0 Å². The van der Waals surface area contributed by atoms with Crippen molar-refractivity contribution < 1.29 is 18.3 Å². The topological polar surface area (TPSA) is 41.6 Å². The summed E-state index contributed by atoms with van der Waals surface area (Å²) >= 11 is 0. The number of halogens is 2. The average Bonchev–Trinajstić information content (AvgIpc) is 2.46. The number of nitrogens with one attached hydrogen (secondary N) is 1. The molecule has 15 heavy (non-hydrogen) atoms. The Morgan fingerprint density at radius 1 is 1.53 bits per heavy atom. The molecule has 2 atom stereocenters. The first-order chi connectivity index (χ1) is 6.91. The van der Waals surface area contributed by atoms with Crippen LogP contribution in [0.15, 0.2) is 0 Å². The smallest absolute Gasteiger partial charge is 0.312 e. The minimum Gasteiger partial charge on any atom is -0.463 e. The van der Waals surface area contributed by atoms with E-state index in [9.17, 15) is 13.6 Å². The highest BCUT2D eigenvalue weighted by molar-refractivity contribution is 5.74. The molecule has 1 rings (SSSR count). The van der Waals surface area contributed by atoms with E-state index in [1.807, 2.05) is 0 Å². The van der Waals surface area contributed by atoms with Crippen molar-refractivity contribution in [1.82, 2.24) is 10.4 Å². The van der Waals surface area contributed by atoms with Crippen LogP contribution < -0.4 is 5.43 Å². The SMILES string of the molecule is CC(C)OC(=O)C1CN(C)NC1C(F)F. The second-order valence-electron chi connectivity index (χ2n) is 3.96. The summed E-state index contributed by atoms with van der Waals surface area (Å²) in [7, 11) is 1.62. The fraction of sp³-hybridized carbons (Fsp3) is 0.889. The molecule has 0 saturated carbocycles. The molecule has 1 aliphatic heterocycles. The van der Waals surface area contributed by atoms with Crippen LogP contribution in [0.5, 0.6) is 0 Å². The average molecular weight is 222 g/mol. The van der Waals surface area contributed by atoms with Crippen molar-refractivity contribution in [2.45, 2.75) is 32.4 Å². The number of hydrogen-bond donors (Lipinski definition) is 1. The van der Waals surface area contributed by atoms with Gasteiger partial charge in [-0.3, -0.25) is 4.79 Å². The van der Waals surface area contributed by atoms with Crippen LogP contribution in [0.3, 0.4) is 0 Å². The Bertz CT molecular complexity index is 236. The Balaban J connectivity index is 2.62. The van der Waals surface area contributed by atoms with E-state index < -0.39 is 24.4 Å². The molecule has 0 radical (unpaired) electrons. The molecule has 88 valence electrons. The predicted octanol–water partition coefficient (Wildman–Crippen LogP) is 0.638. The molecule has 0 aromatic rings. The molecule has 0 spiro atoms. The maximum Gasteiger partial charge on any atom is 0.312 e. The molecule has 1 N–H and O–H groups in total. The fourth-order valence-corrected chi connectivity index (χ4v) is 1.58. The van der Waals surface area contributed by atoms with E-state index in [4.69, 9.17) is 4.74 Å². The Labute approximate surface area is 87.5 Å². The summed E-state index contributed by atoms with van der Waals surface area (Å²) in [5.74, 6) is -1.36. The van der Waals surface area contributed by atoms with Gasteiger partial charge in [-0.05, 0) is 13.8 Å². The van der Waals surface area contributed by atoms with Crippen molar-refractivity contribution >= 4 is 5.97 Å². The molecule has 0 bridgehead atoms. The van der Waals surface area contributed by atoms with E-state index >= 15 is 0 Å². The lowest BCUT2D eigenvalue weighted by Gasteiger charge is -2.17. The van der Waals surface area contributed by atoms with Gasteiger partial charge in [0, 0.05) is 13.6 Å². The van der Waals surface area contributed by atoms with Gasteiger partial charge in [0.25, 0.3) is 6.43 Å². The summed E-state index contributed by atoms with van der Waals surface area (Å²) in [6, 6.07) is -1.14. The van der Waals surface area contributed by atoms with E-state index in [2.05, 4.69) is 5.43 Å². The zero-order chi connectivity index (χ0) is 11.6. The number of carbonyl (C=O) groups excluding carboxylic acids is 1. The number of ether oxygens (including phenoxy) is 1. The largest absolute Gasteiger partial charge is 0.463 e. The maximum atomic E-state index is 12.6. The molecule has 1 fully saturated rings. The van der Waals surface area contributed by atoms with Gasteiger partial charge in [0.05, 0.1) is 18.1 Å². The standard InChI is InChI=1S/C9H16F2N2O2/c1-5(2)15-9(14)6-4-13(3)12-7(6)8(10)11/h5-8,12H,4H2,1-3H3. The van der Waals surface area contributed by atoms with Gasteiger partial charge in [-0.25, -0.2) is 19.2 Å². The predicted molar refractivity (Wildman–Crippen MR) is 50.3 cm³/mol. The van der Waals surface area contributed by atoms with Gasteiger partial charge in [-0.1, -0.05) is 0 Å². The van der Waals surface area contributed by atoms with Crippen LogP contribution in [0.2, 0.25) is 0 Å². The summed E-state index contributed by atoms with van der Waals surface area (Å²) in [6.45, 7) is 3.64. The van der Waals surface area contributed by atoms with Crippen molar-refractivity contribution in [2.75, 3.05) is 13.6 Å². The molecule has 6 heteroatoms. The highest BCUT2D eigenvalue weighted by Gasteiger charge is 2.42. The highest BCUT2D eigenvalue weighted by atomic mass is 19.3. The monoisotopic (exact) mass is 222 g/mol. The van der Waals surface area contributed by atoms with Crippen molar-refractivity contribution in [2.24, 2.45) is 5.92 Å². The molecule has 1 heterocycles. The second-order valence-corrected chi connectivity index (χ2v) is 3.96. The van der Waals surface area contributed by atoms with Crippen LogP contribution in [0.25, 0.3) is 0 Å². The number of hydrazine groups is 1. The fourth-order valence-electron chi connectivity index (χ4n) is 1.58. The Morgan fingerprint density at radius 2 is 2.13 bits per heavy atom. The normalized spacial score (nSPS) is 27.7. The van der Waals surface area contributed by atoms with E-state index in [1.165, 1.54) is 5.01 Å². The third kappa shape index (κ3) is 3.10. The summed E-state index contributed by atoms with van der Waals surface area (Å²) in [5.41, 5.74) is 2.54. The summed E-state index contributed by atoms with van der Waals surface area (Å²) in [5, 5.41) is 1.49. The third-order valence-electron chi connectivity index (χ3n) is 2.20. The summed E-state index contributed by atoms with van der Waals surface area (Å²) < 4.78 is 30.1. The number of nitrogens with zero attached hydrogens (tertiary/aromatic N) is 1. The van der Waals surface area contributed by atoms with Crippen LogP contribution in [-0.4, -0.2) is 43.1 Å². The van der Waals surface area contributed by atoms with E-state index in [0.717, 1.165) is 0 Å². The lowest BCUT2D eigenvalue weighted by atomic mass is 10.0. The van der Waals surface area contributed by atoms with Gasteiger partial charge in [-0.15, -0.1) is 0 Å². The van der Waals surface area contributed by atoms with Crippen LogP contribution in [0, 0.1) is 5.92 Å². The van der Waals surface area contributed by atoms with Crippen molar-refractivity contribution in [3.63, 3.8) is 0 Å². The lowest BCUT2D eigenvalue weighted by Crippen LogP contribution is -2.41. The molecule has 4 nitrogen and oxygen atoms in total. The molecular formula is C9H16F2N2O2. The van der Waals surface area contributed by atoms with Gasteiger partial charge < -0.3 is 4.74 Å². The zero-order valence-corrected chi connectivity index (χ0v) is 9.04. The molecule has 0 aromatic heterocycles. The molecule has 2 unspecified atom stereocenters. The number of alkyl halides is 2. The van der Waals surface area contributed by atoms with E-state index in [-0.39, 0.29) is 12.6 Å². The third-order valence-corrected chi connectivity index (χ3v) is 2.20. The quantitative estimate of drug-likeness (QED) is 0.711. The van der Waals surface area contributed by atoms with Gasteiger partial charge in [0.2, 0.25) is 0 Å². The first kappa shape index (κ1) is 12.3. The summed E-state index contributed by atoms with van der Waals surface area (Å²) in [6.07, 6.45) is -2.85. The summed E-state index contributed by atoms with van der Waals surface area (Å²) in [4.78, 5) is 11.5. The molecule has 1 saturated heterocycles. The van der Waals surface area contributed by atoms with Gasteiger partial charge in [0.15, 0.2) is 0 Å². The van der Waals surface area contributed by atoms with E-state index in [1.54, 1.807) is 20.9 Å². The van der Waals surface area contributed by atoms with Gasteiger partial charge in [-0.2, -0.15) is 0 Å². The van der Waals surface area contributed by atoms with E-state index in [0.29, 0.717) is 0 Å². The number of carbonyl (C=O) groups is 1. The Morgan fingerprint density at radius 3 is 2.60 bits per heavy atom. The Kier molecular flexibility index (Phi) is 3.98. The second kappa shape index (κ2) is 4.85. The number of hydrogen-bond acceptors (Lipinski definition) is 4. The maximum absolute atomic E-state index is 12.6. The molecular weight excluding hydrogens is 206 g/mol. The van der Waals surface area contributed by atoms with Crippen LogP contribution >= 0.6 is 0 Å². The van der Waals surface area contributed by atoms with Gasteiger partial charge >= 0.3 is 5.97 Å². The molecule has 0 aliphatic carbocycles. The minimum atomic E-state index is -2.57. The zero-order valence-electron chi connectivity index (χ0n) is 9.04. The van der Waals surface area contributed by atoms with Crippen LogP contribution in [-0.2, 0) is 9.53 Å². The first-order valence-corrected chi connectivity index (χ1v) is 4.87. The van der Waals surface area contributed by atoms with Crippen molar-refractivity contribution in [1.29, 1.82) is 0 Å².